The van der Waals surface area contributed by atoms with Crippen molar-refractivity contribution in [3.8, 4) is 5.75 Å². The molecular weight excluding hydrogens is 340 g/mol. The molecule has 0 amide bonds. The molecule has 134 valence electrons. The second kappa shape index (κ2) is 5.98. The van der Waals surface area contributed by atoms with E-state index in [1.807, 2.05) is 28.8 Å². The minimum absolute atomic E-state index is 0.186. The van der Waals surface area contributed by atoms with E-state index in [1.54, 1.807) is 26.0 Å². The van der Waals surface area contributed by atoms with Crippen molar-refractivity contribution in [1.29, 1.82) is 0 Å². The fraction of sp³-hybridized carbons (Fsp3) is 0.222. The number of anilines is 1. The number of aryl methyl sites for hydroxylation is 2. The number of nitrogens with one attached hydrogen (secondary N) is 1. The Morgan fingerprint density at radius 1 is 1.19 bits per heavy atom. The van der Waals surface area contributed by atoms with Gasteiger partial charge in [0.25, 0.3) is 0 Å². The number of hydrogen-bond acceptors (Lipinski definition) is 5. The summed E-state index contributed by atoms with van der Waals surface area (Å²) in [7, 11) is 0. The van der Waals surface area contributed by atoms with Gasteiger partial charge in [-0.25, -0.2) is 9.98 Å². The summed E-state index contributed by atoms with van der Waals surface area (Å²) in [5.41, 5.74) is 9.69. The standard InChI is InChI=1S/C18H17F2N5O/c1-9-7-11(8-10(2)14(9)26-16(19)20)15-23-17(21)24-18-22-12-5-3-4-6-13(12)25(15)18/h3-8,15-16H,1-2H3,(H3,21,22,23,24)/t15-/m0/s1. The maximum Gasteiger partial charge on any atom is 0.387 e. The number of alkyl halides is 2. The number of nitrogens with zero attached hydrogens (tertiary/aromatic N) is 3. The van der Waals surface area contributed by atoms with Crippen LogP contribution in [0.25, 0.3) is 11.0 Å². The van der Waals surface area contributed by atoms with Gasteiger partial charge >= 0.3 is 6.61 Å². The fourth-order valence-corrected chi connectivity index (χ4v) is 3.35. The zero-order valence-electron chi connectivity index (χ0n) is 14.2. The van der Waals surface area contributed by atoms with Crippen molar-refractivity contribution in [3.05, 3.63) is 53.1 Å². The van der Waals surface area contributed by atoms with Crippen LogP contribution in [0.3, 0.4) is 0 Å². The van der Waals surface area contributed by atoms with Gasteiger partial charge in [0.1, 0.15) is 5.75 Å². The number of ether oxygens (including phenoxy) is 1. The molecule has 0 saturated carbocycles. The molecule has 26 heavy (non-hydrogen) atoms. The summed E-state index contributed by atoms with van der Waals surface area (Å²) in [5.74, 6) is 1.03. The number of halogens is 2. The predicted octanol–water partition coefficient (Wildman–Crippen LogP) is 3.54. The molecule has 1 aliphatic rings. The van der Waals surface area contributed by atoms with E-state index in [-0.39, 0.29) is 11.7 Å². The Balaban J connectivity index is 1.87. The lowest BCUT2D eigenvalue weighted by molar-refractivity contribution is -0.0507. The van der Waals surface area contributed by atoms with Crippen molar-refractivity contribution < 1.29 is 13.5 Å². The quantitative estimate of drug-likeness (QED) is 0.752. The normalized spacial score (nSPS) is 16.3. The molecule has 4 rings (SSSR count). The minimum Gasteiger partial charge on any atom is -0.434 e. The SMILES string of the molecule is Cc1cc([C@H]2N=C(N)Nc3nc4ccccc4n32)cc(C)c1OC(F)F. The number of nitrogens with two attached hydrogens (primary N) is 1. The summed E-state index contributed by atoms with van der Waals surface area (Å²) in [6.07, 6.45) is -0.448. The molecule has 3 aromatic rings. The van der Waals surface area contributed by atoms with Gasteiger partial charge in [0, 0.05) is 0 Å². The van der Waals surface area contributed by atoms with E-state index in [2.05, 4.69) is 20.0 Å². The van der Waals surface area contributed by atoms with Gasteiger partial charge in [0.05, 0.1) is 11.0 Å². The number of rotatable bonds is 3. The van der Waals surface area contributed by atoms with E-state index in [0.29, 0.717) is 17.1 Å². The Morgan fingerprint density at radius 3 is 2.58 bits per heavy atom. The number of guanidine groups is 1. The van der Waals surface area contributed by atoms with Crippen LogP contribution < -0.4 is 15.8 Å². The van der Waals surface area contributed by atoms with Gasteiger partial charge < -0.3 is 10.5 Å². The third-order valence-corrected chi connectivity index (χ3v) is 4.33. The molecular formula is C18H17F2N5O. The van der Waals surface area contributed by atoms with Crippen LogP contribution in [0.4, 0.5) is 14.7 Å². The average Bonchev–Trinajstić information content (AvgIpc) is 2.95. The zero-order chi connectivity index (χ0) is 18.4. The average molecular weight is 357 g/mol. The second-order valence-electron chi connectivity index (χ2n) is 6.17. The highest BCUT2D eigenvalue weighted by Gasteiger charge is 2.26. The molecule has 2 heterocycles. The number of para-hydroxylation sites is 2. The van der Waals surface area contributed by atoms with Crippen molar-refractivity contribution in [2.24, 2.45) is 10.7 Å². The maximum absolute atomic E-state index is 12.6. The van der Waals surface area contributed by atoms with Crippen molar-refractivity contribution in [2.75, 3.05) is 5.32 Å². The Hall–Kier alpha value is -3.16. The first-order valence-corrected chi connectivity index (χ1v) is 8.07. The van der Waals surface area contributed by atoms with Crippen LogP contribution in [0.15, 0.2) is 41.4 Å². The monoisotopic (exact) mass is 357 g/mol. The first kappa shape index (κ1) is 16.3. The van der Waals surface area contributed by atoms with Crippen LogP contribution in [0.5, 0.6) is 5.75 Å². The van der Waals surface area contributed by atoms with E-state index in [4.69, 9.17) is 5.73 Å². The number of benzene rings is 2. The number of aromatic nitrogens is 2. The molecule has 1 atom stereocenters. The first-order valence-electron chi connectivity index (χ1n) is 8.07. The summed E-state index contributed by atoms with van der Waals surface area (Å²) < 4.78 is 31.8. The minimum atomic E-state index is -2.87. The van der Waals surface area contributed by atoms with Gasteiger partial charge in [-0.05, 0) is 54.8 Å². The van der Waals surface area contributed by atoms with Gasteiger partial charge in [-0.15, -0.1) is 0 Å². The smallest absolute Gasteiger partial charge is 0.387 e. The fourth-order valence-electron chi connectivity index (χ4n) is 3.35. The molecule has 1 aromatic heterocycles. The molecule has 1 aliphatic heterocycles. The molecule has 2 aromatic carbocycles. The molecule has 0 saturated heterocycles. The maximum atomic E-state index is 12.6. The third kappa shape index (κ3) is 2.63. The van der Waals surface area contributed by atoms with Crippen LogP contribution in [0.1, 0.15) is 22.9 Å². The molecule has 0 bridgehead atoms. The molecule has 8 heteroatoms. The van der Waals surface area contributed by atoms with E-state index >= 15 is 0 Å². The molecule has 0 radical (unpaired) electrons. The van der Waals surface area contributed by atoms with Crippen LogP contribution in [0, 0.1) is 13.8 Å². The molecule has 0 spiro atoms. The molecule has 3 N–H and O–H groups in total. The van der Waals surface area contributed by atoms with Crippen LogP contribution in [0.2, 0.25) is 0 Å². The Bertz CT molecular complexity index is 1000. The molecule has 0 unspecified atom stereocenters. The summed E-state index contributed by atoms with van der Waals surface area (Å²) in [4.78, 5) is 9.05. The molecule has 6 nitrogen and oxygen atoms in total. The summed E-state index contributed by atoms with van der Waals surface area (Å²) in [5, 5.41) is 2.97. The largest absolute Gasteiger partial charge is 0.434 e. The highest BCUT2D eigenvalue weighted by Crippen LogP contribution is 2.35. The Morgan fingerprint density at radius 2 is 1.88 bits per heavy atom. The summed E-state index contributed by atoms with van der Waals surface area (Å²) >= 11 is 0. The van der Waals surface area contributed by atoms with Crippen molar-refractivity contribution in [3.63, 3.8) is 0 Å². The van der Waals surface area contributed by atoms with Gasteiger partial charge in [0.2, 0.25) is 5.95 Å². The third-order valence-electron chi connectivity index (χ3n) is 4.33. The lowest BCUT2D eigenvalue weighted by Gasteiger charge is -2.25. The Labute approximate surface area is 148 Å². The molecule has 0 aliphatic carbocycles. The van der Waals surface area contributed by atoms with E-state index in [1.165, 1.54) is 0 Å². The van der Waals surface area contributed by atoms with Crippen LogP contribution in [-0.4, -0.2) is 22.1 Å². The lowest BCUT2D eigenvalue weighted by Crippen LogP contribution is -2.31. The predicted molar refractivity (Wildman–Crippen MR) is 95.7 cm³/mol. The van der Waals surface area contributed by atoms with Crippen molar-refractivity contribution >= 4 is 22.9 Å². The van der Waals surface area contributed by atoms with Gasteiger partial charge in [-0.1, -0.05) is 12.1 Å². The first-order chi connectivity index (χ1) is 12.4. The topological polar surface area (TPSA) is 77.5 Å². The van der Waals surface area contributed by atoms with Crippen LogP contribution in [-0.2, 0) is 0 Å². The summed E-state index contributed by atoms with van der Waals surface area (Å²) in [6, 6.07) is 11.3. The highest BCUT2D eigenvalue weighted by atomic mass is 19.3. The number of aliphatic imine (C=N–C) groups is 1. The van der Waals surface area contributed by atoms with E-state index in [9.17, 15) is 8.78 Å². The van der Waals surface area contributed by atoms with Crippen molar-refractivity contribution in [2.45, 2.75) is 26.6 Å². The number of hydrogen-bond donors (Lipinski definition) is 2. The van der Waals surface area contributed by atoms with Crippen LogP contribution >= 0.6 is 0 Å². The van der Waals surface area contributed by atoms with E-state index < -0.39 is 12.8 Å². The van der Waals surface area contributed by atoms with Gasteiger partial charge in [-0.3, -0.25) is 9.88 Å². The van der Waals surface area contributed by atoms with Gasteiger partial charge in [0.15, 0.2) is 12.1 Å². The Kier molecular flexibility index (Phi) is 3.75. The zero-order valence-corrected chi connectivity index (χ0v) is 14.2. The number of imidazole rings is 1. The van der Waals surface area contributed by atoms with Crippen molar-refractivity contribution in [1.82, 2.24) is 9.55 Å². The molecule has 0 fully saturated rings. The second-order valence-corrected chi connectivity index (χ2v) is 6.17. The lowest BCUT2D eigenvalue weighted by atomic mass is 10.0. The summed E-state index contributed by atoms with van der Waals surface area (Å²) in [6.45, 7) is 0.597. The number of fused-ring (bicyclic) bond motifs is 3. The highest BCUT2D eigenvalue weighted by molar-refractivity contribution is 5.94. The van der Waals surface area contributed by atoms with Gasteiger partial charge in [-0.2, -0.15) is 8.78 Å². The van der Waals surface area contributed by atoms with E-state index in [0.717, 1.165) is 16.6 Å².